The predicted octanol–water partition coefficient (Wildman–Crippen LogP) is 5.03. The molecule has 0 bridgehead atoms. The number of nitrogens with zero attached hydrogens (tertiary/aromatic N) is 4. The molecule has 1 amide bonds. The lowest BCUT2D eigenvalue weighted by molar-refractivity contribution is -0.129. The van der Waals surface area contributed by atoms with E-state index in [-0.39, 0.29) is 18.1 Å². The first kappa shape index (κ1) is 26.9. The highest BCUT2D eigenvalue weighted by Gasteiger charge is 2.35. The van der Waals surface area contributed by atoms with Gasteiger partial charge >= 0.3 is 0 Å². The zero-order valence-corrected chi connectivity index (χ0v) is 22.8. The molecule has 2 saturated carbocycles. The summed E-state index contributed by atoms with van der Waals surface area (Å²) in [6.07, 6.45) is 13.1. The second kappa shape index (κ2) is 12.4. The lowest BCUT2D eigenvalue weighted by Crippen LogP contribution is -2.38. The van der Waals surface area contributed by atoms with E-state index < -0.39 is 0 Å². The number of piperidine rings is 1. The molecule has 7 nitrogen and oxygen atoms in total. The molecule has 1 aromatic heterocycles. The summed E-state index contributed by atoms with van der Waals surface area (Å²) >= 11 is 0. The Kier molecular flexibility index (Phi) is 8.77. The number of benzene rings is 1. The summed E-state index contributed by atoms with van der Waals surface area (Å²) in [6.45, 7) is 3.13. The smallest absolute Gasteiger partial charge is 0.227 e. The molecule has 0 spiro atoms. The van der Waals surface area contributed by atoms with Crippen molar-refractivity contribution in [3.05, 3.63) is 47.5 Å². The van der Waals surface area contributed by atoms with Crippen molar-refractivity contribution in [1.82, 2.24) is 14.9 Å². The van der Waals surface area contributed by atoms with Crippen LogP contribution < -0.4 is 9.64 Å². The minimum Gasteiger partial charge on any atom is -0.493 e. The van der Waals surface area contributed by atoms with Crippen LogP contribution in [0.3, 0.4) is 0 Å². The van der Waals surface area contributed by atoms with Crippen LogP contribution in [0, 0.1) is 23.6 Å². The Balaban J connectivity index is 1.06. The molecular formula is C30H41FN4O3. The number of rotatable bonds is 11. The van der Waals surface area contributed by atoms with Crippen molar-refractivity contribution in [3.8, 4) is 5.75 Å². The second-order valence-electron chi connectivity index (χ2n) is 11.3. The van der Waals surface area contributed by atoms with Crippen LogP contribution in [0.15, 0.2) is 30.6 Å². The zero-order chi connectivity index (χ0) is 26.5. The zero-order valence-electron chi connectivity index (χ0n) is 22.8. The van der Waals surface area contributed by atoms with E-state index in [1.165, 1.54) is 38.2 Å². The molecule has 1 unspecified atom stereocenters. The third kappa shape index (κ3) is 6.63. The molecule has 1 saturated heterocycles. The average Bonchev–Trinajstić information content (AvgIpc) is 3.68. The number of amides is 1. The Bertz CT molecular complexity index is 1070. The Morgan fingerprint density at radius 2 is 1.87 bits per heavy atom. The van der Waals surface area contributed by atoms with Crippen LogP contribution in [-0.4, -0.2) is 60.7 Å². The standard InChI is InChI=1S/C30H41FN4O3/c1-34(25-7-8-25)29(36)16-24-6-9-26(17-28(24)31)38-15-12-22-4-3-5-27(22)23-10-13-35(14-11-23)30-32-18-21(19-33-30)20-37-2/h6,9,17-19,22-23,25,27H,3-5,7-8,10-16,20H2,1-2H3/t22?,27-/m0/s1. The number of methoxy groups -OCH3 is 1. The van der Waals surface area contributed by atoms with Crippen LogP contribution in [0.25, 0.3) is 0 Å². The maximum absolute atomic E-state index is 14.7. The number of likely N-dealkylation sites (N-methyl/N-ethyl adjacent to an activating group) is 1. The number of aromatic nitrogens is 2. The summed E-state index contributed by atoms with van der Waals surface area (Å²) in [5, 5.41) is 0. The van der Waals surface area contributed by atoms with Crippen molar-refractivity contribution < 1.29 is 18.7 Å². The SMILES string of the molecule is COCc1cnc(N2CCC([C@H]3CCCC3CCOc3ccc(CC(=O)N(C)C4CC4)c(F)c3)CC2)nc1. The van der Waals surface area contributed by atoms with Crippen LogP contribution in [0.2, 0.25) is 0 Å². The van der Waals surface area contributed by atoms with Gasteiger partial charge in [0.1, 0.15) is 11.6 Å². The lowest BCUT2D eigenvalue weighted by atomic mass is 9.77. The van der Waals surface area contributed by atoms with Crippen molar-refractivity contribution in [2.45, 2.75) is 70.4 Å². The van der Waals surface area contributed by atoms with Gasteiger partial charge in [-0.1, -0.05) is 18.9 Å². The molecule has 2 heterocycles. The van der Waals surface area contributed by atoms with Gasteiger partial charge in [0.05, 0.1) is 19.6 Å². The molecule has 0 N–H and O–H groups in total. The topological polar surface area (TPSA) is 67.8 Å². The minimum atomic E-state index is -0.358. The molecule has 38 heavy (non-hydrogen) atoms. The second-order valence-corrected chi connectivity index (χ2v) is 11.3. The van der Waals surface area contributed by atoms with Crippen molar-refractivity contribution in [2.75, 3.05) is 38.8 Å². The van der Waals surface area contributed by atoms with E-state index in [0.717, 1.165) is 55.7 Å². The molecule has 5 rings (SSSR count). The van der Waals surface area contributed by atoms with Crippen molar-refractivity contribution in [3.63, 3.8) is 0 Å². The Labute approximate surface area is 225 Å². The van der Waals surface area contributed by atoms with Gasteiger partial charge in [0.25, 0.3) is 0 Å². The third-order valence-electron chi connectivity index (χ3n) is 8.76. The molecule has 2 aromatic rings. The van der Waals surface area contributed by atoms with Gasteiger partial charge in [0, 0.05) is 57.3 Å². The molecule has 3 fully saturated rings. The van der Waals surface area contributed by atoms with Crippen molar-refractivity contribution in [2.24, 2.45) is 17.8 Å². The van der Waals surface area contributed by atoms with Gasteiger partial charge in [0.2, 0.25) is 11.9 Å². The van der Waals surface area contributed by atoms with Gasteiger partial charge in [-0.15, -0.1) is 0 Å². The summed E-state index contributed by atoms with van der Waals surface area (Å²) < 4.78 is 25.8. The Hall–Kier alpha value is -2.74. The minimum absolute atomic E-state index is 0.0225. The molecule has 1 aliphatic heterocycles. The summed E-state index contributed by atoms with van der Waals surface area (Å²) in [5.41, 5.74) is 1.43. The lowest BCUT2D eigenvalue weighted by Gasteiger charge is -2.37. The first-order valence-corrected chi connectivity index (χ1v) is 14.2. The highest BCUT2D eigenvalue weighted by Crippen LogP contribution is 2.43. The van der Waals surface area contributed by atoms with Crippen LogP contribution >= 0.6 is 0 Å². The molecular weight excluding hydrogens is 483 g/mol. The number of hydrogen-bond donors (Lipinski definition) is 0. The normalized spacial score (nSPS) is 22.0. The molecule has 1 aromatic carbocycles. The number of carbonyl (C=O) groups is 1. The van der Waals surface area contributed by atoms with E-state index in [4.69, 9.17) is 9.47 Å². The van der Waals surface area contributed by atoms with Crippen LogP contribution in [0.1, 0.15) is 62.5 Å². The summed E-state index contributed by atoms with van der Waals surface area (Å²) in [6, 6.07) is 5.28. The maximum atomic E-state index is 14.7. The first-order chi connectivity index (χ1) is 18.5. The summed E-state index contributed by atoms with van der Waals surface area (Å²) in [5.74, 6) is 3.11. The van der Waals surface area contributed by atoms with E-state index in [9.17, 15) is 9.18 Å². The predicted molar refractivity (Wildman–Crippen MR) is 145 cm³/mol. The van der Waals surface area contributed by atoms with E-state index in [1.54, 1.807) is 24.1 Å². The van der Waals surface area contributed by atoms with Crippen LogP contribution in [0.5, 0.6) is 5.75 Å². The molecule has 8 heteroatoms. The number of carbonyl (C=O) groups excluding carboxylic acids is 1. The molecule has 206 valence electrons. The summed E-state index contributed by atoms with van der Waals surface area (Å²) in [7, 11) is 3.49. The average molecular weight is 525 g/mol. The van der Waals surface area contributed by atoms with Gasteiger partial charge in [-0.25, -0.2) is 14.4 Å². The fourth-order valence-corrected chi connectivity index (χ4v) is 6.37. The van der Waals surface area contributed by atoms with Gasteiger partial charge in [-0.2, -0.15) is 0 Å². The van der Waals surface area contributed by atoms with E-state index in [2.05, 4.69) is 14.9 Å². The largest absolute Gasteiger partial charge is 0.493 e. The van der Waals surface area contributed by atoms with Gasteiger partial charge in [-0.05, 0) is 67.9 Å². The Morgan fingerprint density at radius 3 is 2.55 bits per heavy atom. The van der Waals surface area contributed by atoms with Gasteiger partial charge in [-0.3, -0.25) is 4.79 Å². The quantitative estimate of drug-likeness (QED) is 0.411. The van der Waals surface area contributed by atoms with Crippen molar-refractivity contribution >= 4 is 11.9 Å². The molecule has 2 atom stereocenters. The fourth-order valence-electron chi connectivity index (χ4n) is 6.37. The number of anilines is 1. The third-order valence-corrected chi connectivity index (χ3v) is 8.76. The van der Waals surface area contributed by atoms with E-state index in [1.807, 2.05) is 19.4 Å². The number of ether oxygens (including phenoxy) is 2. The number of halogens is 1. The van der Waals surface area contributed by atoms with E-state index >= 15 is 0 Å². The van der Waals surface area contributed by atoms with Gasteiger partial charge < -0.3 is 19.3 Å². The highest BCUT2D eigenvalue weighted by molar-refractivity contribution is 5.79. The molecule has 0 radical (unpaired) electrons. The van der Waals surface area contributed by atoms with E-state index in [0.29, 0.717) is 36.5 Å². The molecule has 3 aliphatic rings. The van der Waals surface area contributed by atoms with Crippen molar-refractivity contribution in [1.29, 1.82) is 0 Å². The van der Waals surface area contributed by atoms with Crippen LogP contribution in [0.4, 0.5) is 10.3 Å². The van der Waals surface area contributed by atoms with Crippen LogP contribution in [-0.2, 0) is 22.6 Å². The fraction of sp³-hybridized carbons (Fsp3) is 0.633. The first-order valence-electron chi connectivity index (χ1n) is 14.2. The maximum Gasteiger partial charge on any atom is 0.227 e. The number of hydrogen-bond acceptors (Lipinski definition) is 6. The Morgan fingerprint density at radius 1 is 1.11 bits per heavy atom. The highest BCUT2D eigenvalue weighted by atomic mass is 19.1. The summed E-state index contributed by atoms with van der Waals surface area (Å²) in [4.78, 5) is 25.5. The van der Waals surface area contributed by atoms with Gasteiger partial charge in [0.15, 0.2) is 0 Å². The molecule has 2 aliphatic carbocycles. The monoisotopic (exact) mass is 524 g/mol.